The number of alkyl halides is 2. The molecule has 31 heavy (non-hydrogen) atoms. The molecule has 2 aromatic carbocycles. The van der Waals surface area contributed by atoms with Gasteiger partial charge in [-0.25, -0.2) is 8.42 Å². The Hall–Kier alpha value is -3.48. The van der Waals surface area contributed by atoms with Crippen molar-refractivity contribution < 1.29 is 36.4 Å². The normalized spacial score (nSPS) is 11.1. The third-order valence-electron chi connectivity index (χ3n) is 3.96. The molecule has 1 amide bonds. The summed E-state index contributed by atoms with van der Waals surface area (Å²) in [6.45, 7) is -2.90. The van der Waals surface area contributed by atoms with E-state index in [-0.39, 0.29) is 40.7 Å². The molecule has 0 atom stereocenters. The fourth-order valence-corrected chi connectivity index (χ4v) is 3.16. The maximum atomic E-state index is 12.4. The molecular weight excluding hydrogens is 440 g/mol. The molecular formula is C18H19F2N3O7S. The van der Waals surface area contributed by atoms with Crippen LogP contribution in [0.25, 0.3) is 0 Å². The molecule has 2 rings (SSSR count). The molecule has 2 aromatic rings. The molecule has 0 radical (unpaired) electrons. The molecule has 0 aromatic heterocycles. The van der Waals surface area contributed by atoms with Crippen molar-refractivity contribution in [1.29, 1.82) is 0 Å². The zero-order chi connectivity index (χ0) is 23.2. The SMILES string of the molecule is COc1cc(C(=O)NCCNc2ccc(S(C)(=O)=O)cc2[N+](=O)[O-])ccc1OC(F)F. The first-order chi connectivity index (χ1) is 14.5. The maximum Gasteiger partial charge on any atom is 0.387 e. The molecule has 0 aliphatic carbocycles. The summed E-state index contributed by atoms with van der Waals surface area (Å²) in [6, 6.07) is 7.13. The number of amides is 1. The number of hydrogen-bond donors (Lipinski definition) is 2. The van der Waals surface area contributed by atoms with Gasteiger partial charge >= 0.3 is 6.61 Å². The van der Waals surface area contributed by atoms with Gasteiger partial charge in [0.2, 0.25) is 0 Å². The monoisotopic (exact) mass is 459 g/mol. The van der Waals surface area contributed by atoms with Crippen LogP contribution in [0.5, 0.6) is 11.5 Å². The van der Waals surface area contributed by atoms with Gasteiger partial charge in [-0.2, -0.15) is 8.78 Å². The number of carbonyl (C=O) groups excluding carboxylic acids is 1. The Kier molecular flexibility index (Phi) is 7.69. The van der Waals surface area contributed by atoms with Gasteiger partial charge in [0, 0.05) is 31.0 Å². The number of benzene rings is 2. The fraction of sp³-hybridized carbons (Fsp3) is 0.278. The van der Waals surface area contributed by atoms with Crippen LogP contribution in [0.3, 0.4) is 0 Å². The number of halogens is 2. The van der Waals surface area contributed by atoms with Crippen LogP contribution in [0.15, 0.2) is 41.3 Å². The van der Waals surface area contributed by atoms with E-state index in [9.17, 15) is 32.1 Å². The summed E-state index contributed by atoms with van der Waals surface area (Å²) in [5.74, 6) is -0.807. The largest absolute Gasteiger partial charge is 0.493 e. The van der Waals surface area contributed by atoms with Crippen LogP contribution < -0.4 is 20.1 Å². The van der Waals surface area contributed by atoms with Crippen molar-refractivity contribution in [2.24, 2.45) is 0 Å². The summed E-state index contributed by atoms with van der Waals surface area (Å²) < 4.78 is 57.1. The van der Waals surface area contributed by atoms with Crippen molar-refractivity contribution >= 4 is 27.1 Å². The lowest BCUT2D eigenvalue weighted by Crippen LogP contribution is -2.28. The topological polar surface area (TPSA) is 137 Å². The molecule has 0 unspecified atom stereocenters. The van der Waals surface area contributed by atoms with Gasteiger partial charge in [-0.05, 0) is 30.3 Å². The first-order valence-corrected chi connectivity index (χ1v) is 10.6. The van der Waals surface area contributed by atoms with Gasteiger partial charge in [-0.3, -0.25) is 14.9 Å². The number of nitrogens with zero attached hydrogens (tertiary/aromatic N) is 1. The summed E-state index contributed by atoms with van der Waals surface area (Å²) in [5.41, 5.74) is -0.211. The van der Waals surface area contributed by atoms with Crippen LogP contribution >= 0.6 is 0 Å². The Balaban J connectivity index is 2.00. The predicted molar refractivity (Wildman–Crippen MR) is 107 cm³/mol. The van der Waals surface area contributed by atoms with E-state index in [2.05, 4.69) is 15.4 Å². The Bertz CT molecular complexity index is 1080. The quantitative estimate of drug-likeness (QED) is 0.314. The minimum atomic E-state index is -3.61. The summed E-state index contributed by atoms with van der Waals surface area (Å²) in [6.07, 6.45) is 0.940. The van der Waals surface area contributed by atoms with E-state index in [1.165, 1.54) is 37.4 Å². The molecule has 0 heterocycles. The van der Waals surface area contributed by atoms with E-state index >= 15 is 0 Å². The van der Waals surface area contributed by atoms with Gasteiger partial charge in [-0.15, -0.1) is 0 Å². The second-order valence-corrected chi connectivity index (χ2v) is 8.15. The maximum absolute atomic E-state index is 12.4. The summed E-state index contributed by atoms with van der Waals surface area (Å²) in [5, 5.41) is 16.5. The highest BCUT2D eigenvalue weighted by atomic mass is 32.2. The highest BCUT2D eigenvalue weighted by Gasteiger charge is 2.19. The number of hydrogen-bond acceptors (Lipinski definition) is 8. The first-order valence-electron chi connectivity index (χ1n) is 8.66. The molecule has 0 spiro atoms. The van der Waals surface area contributed by atoms with Gasteiger partial charge in [0.25, 0.3) is 11.6 Å². The van der Waals surface area contributed by atoms with Gasteiger partial charge in [-0.1, -0.05) is 0 Å². The van der Waals surface area contributed by atoms with Crippen LogP contribution in [0.4, 0.5) is 20.2 Å². The van der Waals surface area contributed by atoms with Gasteiger partial charge < -0.3 is 20.1 Å². The van der Waals surface area contributed by atoms with Crippen molar-refractivity contribution in [3.63, 3.8) is 0 Å². The summed E-state index contributed by atoms with van der Waals surface area (Å²) in [7, 11) is -2.37. The molecule has 0 fully saturated rings. The smallest absolute Gasteiger partial charge is 0.387 e. The number of sulfone groups is 1. The van der Waals surface area contributed by atoms with E-state index in [4.69, 9.17) is 4.74 Å². The highest BCUT2D eigenvalue weighted by Crippen LogP contribution is 2.29. The first kappa shape index (κ1) is 23.8. The average molecular weight is 459 g/mol. The molecule has 0 saturated heterocycles. The van der Waals surface area contributed by atoms with E-state index in [1.807, 2.05) is 0 Å². The number of rotatable bonds is 10. The third-order valence-corrected chi connectivity index (χ3v) is 5.07. The van der Waals surface area contributed by atoms with Gasteiger partial charge in [0.15, 0.2) is 21.3 Å². The van der Waals surface area contributed by atoms with Crippen molar-refractivity contribution in [2.75, 3.05) is 31.8 Å². The number of nitro groups is 1. The van der Waals surface area contributed by atoms with Crippen LogP contribution in [0.1, 0.15) is 10.4 Å². The number of anilines is 1. The van der Waals surface area contributed by atoms with E-state index in [0.717, 1.165) is 12.3 Å². The molecule has 0 bridgehead atoms. The van der Waals surface area contributed by atoms with Crippen LogP contribution in [0, 0.1) is 10.1 Å². The lowest BCUT2D eigenvalue weighted by Gasteiger charge is -2.12. The predicted octanol–water partition coefficient (Wildman–Crippen LogP) is 2.45. The molecule has 0 aliphatic heterocycles. The second kappa shape index (κ2) is 10.0. The highest BCUT2D eigenvalue weighted by molar-refractivity contribution is 7.90. The minimum absolute atomic E-state index is 0.0485. The molecule has 0 aliphatic rings. The van der Waals surface area contributed by atoms with Crippen molar-refractivity contribution in [2.45, 2.75) is 11.5 Å². The van der Waals surface area contributed by atoms with Crippen LogP contribution in [-0.2, 0) is 9.84 Å². The molecule has 0 saturated carbocycles. The summed E-state index contributed by atoms with van der Waals surface area (Å²) in [4.78, 5) is 22.5. The molecule has 10 nitrogen and oxygen atoms in total. The Morgan fingerprint density at radius 2 is 1.87 bits per heavy atom. The van der Waals surface area contributed by atoms with E-state index in [0.29, 0.717) is 0 Å². The van der Waals surface area contributed by atoms with Crippen molar-refractivity contribution in [3.8, 4) is 11.5 Å². The second-order valence-electron chi connectivity index (χ2n) is 6.14. The van der Waals surface area contributed by atoms with E-state index in [1.54, 1.807) is 0 Å². The number of carbonyl (C=O) groups is 1. The Labute approximate surface area is 176 Å². The van der Waals surface area contributed by atoms with Crippen molar-refractivity contribution in [1.82, 2.24) is 5.32 Å². The van der Waals surface area contributed by atoms with Crippen LogP contribution in [-0.4, -0.2) is 52.3 Å². The number of ether oxygens (including phenoxy) is 2. The average Bonchev–Trinajstić information content (AvgIpc) is 2.70. The lowest BCUT2D eigenvalue weighted by atomic mass is 10.2. The summed E-state index contributed by atoms with van der Waals surface area (Å²) >= 11 is 0. The molecule has 168 valence electrons. The number of methoxy groups -OCH3 is 1. The number of nitrogens with one attached hydrogen (secondary N) is 2. The van der Waals surface area contributed by atoms with Crippen molar-refractivity contribution in [3.05, 3.63) is 52.1 Å². The zero-order valence-corrected chi connectivity index (χ0v) is 17.2. The Morgan fingerprint density at radius 3 is 2.45 bits per heavy atom. The standard InChI is InChI=1S/C18H19F2N3O7S/c1-29-16-9-11(3-6-15(16)30-18(19)20)17(24)22-8-7-21-13-5-4-12(31(2,27)28)10-14(13)23(25)26/h3-6,9-10,18,21H,7-8H2,1-2H3,(H,22,24). The van der Waals surface area contributed by atoms with Gasteiger partial charge in [0.1, 0.15) is 5.69 Å². The molecule has 13 heteroatoms. The van der Waals surface area contributed by atoms with Crippen LogP contribution in [0.2, 0.25) is 0 Å². The van der Waals surface area contributed by atoms with Gasteiger partial charge in [0.05, 0.1) is 16.9 Å². The zero-order valence-electron chi connectivity index (χ0n) is 16.4. The minimum Gasteiger partial charge on any atom is -0.493 e. The number of nitro benzene ring substituents is 1. The van der Waals surface area contributed by atoms with E-state index < -0.39 is 33.0 Å². The Morgan fingerprint density at radius 1 is 1.16 bits per heavy atom. The fourth-order valence-electron chi connectivity index (χ4n) is 2.52. The third kappa shape index (κ3) is 6.50. The lowest BCUT2D eigenvalue weighted by molar-refractivity contribution is -0.384. The molecule has 2 N–H and O–H groups in total.